The SMILES string of the molecule is CC#CC(=O)NCc1nc(-c2ccc(C(=O)Nc3ccccn3)cc2)c2c(N)nccn12. The summed E-state index contributed by atoms with van der Waals surface area (Å²) in [6.07, 6.45) is 4.90. The third kappa shape index (κ3) is 4.24. The number of carbonyl (C=O) groups is 2. The van der Waals surface area contributed by atoms with Crippen LogP contribution in [0, 0.1) is 11.8 Å². The molecule has 0 saturated heterocycles. The molecular formula is C23H19N7O2. The highest BCUT2D eigenvalue weighted by Crippen LogP contribution is 2.28. The van der Waals surface area contributed by atoms with Crippen molar-refractivity contribution in [3.63, 3.8) is 0 Å². The minimum Gasteiger partial charge on any atom is -0.382 e. The van der Waals surface area contributed by atoms with Gasteiger partial charge in [-0.3, -0.25) is 14.0 Å². The van der Waals surface area contributed by atoms with Crippen LogP contribution in [0.2, 0.25) is 0 Å². The summed E-state index contributed by atoms with van der Waals surface area (Å²) in [5.74, 6) is 5.67. The number of imidazole rings is 1. The van der Waals surface area contributed by atoms with E-state index in [0.29, 0.717) is 34.2 Å². The van der Waals surface area contributed by atoms with Gasteiger partial charge in [0.25, 0.3) is 11.8 Å². The van der Waals surface area contributed by atoms with Crippen LogP contribution < -0.4 is 16.4 Å². The molecule has 0 atom stereocenters. The van der Waals surface area contributed by atoms with Crippen molar-refractivity contribution >= 4 is 29.0 Å². The minimum atomic E-state index is -0.393. The number of hydrogen-bond donors (Lipinski definition) is 3. The lowest BCUT2D eigenvalue weighted by Gasteiger charge is -2.05. The van der Waals surface area contributed by atoms with Gasteiger partial charge in [-0.1, -0.05) is 24.1 Å². The lowest BCUT2D eigenvalue weighted by Crippen LogP contribution is -2.22. The molecule has 4 rings (SSSR count). The molecule has 0 spiro atoms. The highest BCUT2D eigenvalue weighted by atomic mass is 16.2. The fourth-order valence-electron chi connectivity index (χ4n) is 3.17. The molecule has 0 aliphatic heterocycles. The Labute approximate surface area is 183 Å². The average molecular weight is 425 g/mol. The van der Waals surface area contributed by atoms with Crippen molar-refractivity contribution in [2.75, 3.05) is 11.1 Å². The van der Waals surface area contributed by atoms with Crippen LogP contribution in [0.1, 0.15) is 23.1 Å². The number of amides is 2. The van der Waals surface area contributed by atoms with E-state index in [1.165, 1.54) is 0 Å². The summed E-state index contributed by atoms with van der Waals surface area (Å²) >= 11 is 0. The first kappa shape index (κ1) is 20.6. The van der Waals surface area contributed by atoms with Crippen LogP contribution in [-0.4, -0.2) is 31.2 Å². The summed E-state index contributed by atoms with van der Waals surface area (Å²) in [5, 5.41) is 5.45. The Morgan fingerprint density at radius 3 is 2.62 bits per heavy atom. The molecule has 3 heterocycles. The maximum absolute atomic E-state index is 12.5. The molecule has 1 aromatic carbocycles. The number of hydrogen-bond acceptors (Lipinski definition) is 6. The van der Waals surface area contributed by atoms with Crippen molar-refractivity contribution in [2.24, 2.45) is 0 Å². The van der Waals surface area contributed by atoms with Gasteiger partial charge in [0, 0.05) is 29.7 Å². The largest absolute Gasteiger partial charge is 0.382 e. The monoisotopic (exact) mass is 425 g/mol. The molecule has 9 nitrogen and oxygen atoms in total. The first-order valence-corrected chi connectivity index (χ1v) is 9.71. The first-order valence-electron chi connectivity index (χ1n) is 9.71. The molecule has 3 aromatic heterocycles. The lowest BCUT2D eigenvalue weighted by molar-refractivity contribution is -0.115. The van der Waals surface area contributed by atoms with Crippen molar-refractivity contribution in [3.05, 3.63) is 72.4 Å². The quantitative estimate of drug-likeness (QED) is 0.421. The fourth-order valence-corrected chi connectivity index (χ4v) is 3.17. The van der Waals surface area contributed by atoms with E-state index >= 15 is 0 Å². The van der Waals surface area contributed by atoms with Crippen LogP contribution in [0.5, 0.6) is 0 Å². The van der Waals surface area contributed by atoms with E-state index < -0.39 is 5.91 Å². The molecule has 2 amide bonds. The zero-order chi connectivity index (χ0) is 22.5. The standard InChI is InChI=1S/C23H19N7O2/c1-2-5-19(31)27-14-18-29-20(21-22(24)26-12-13-30(18)21)15-7-9-16(10-8-15)23(32)28-17-6-3-4-11-25-17/h3-4,6-13H,14H2,1H3,(H2,24,26)(H,27,31)(H,25,28,32). The highest BCUT2D eigenvalue weighted by Gasteiger charge is 2.17. The van der Waals surface area contributed by atoms with Crippen molar-refractivity contribution in [2.45, 2.75) is 13.5 Å². The zero-order valence-electron chi connectivity index (χ0n) is 17.2. The van der Waals surface area contributed by atoms with Crippen LogP contribution in [0.15, 0.2) is 61.1 Å². The van der Waals surface area contributed by atoms with Gasteiger partial charge in [-0.05, 0) is 37.1 Å². The van der Waals surface area contributed by atoms with Crippen LogP contribution >= 0.6 is 0 Å². The lowest BCUT2D eigenvalue weighted by atomic mass is 10.1. The maximum Gasteiger partial charge on any atom is 0.296 e. The van der Waals surface area contributed by atoms with E-state index in [9.17, 15) is 9.59 Å². The number of benzene rings is 1. The normalized spacial score (nSPS) is 10.3. The number of rotatable bonds is 5. The van der Waals surface area contributed by atoms with Gasteiger partial charge in [0.1, 0.15) is 28.7 Å². The minimum absolute atomic E-state index is 0.169. The summed E-state index contributed by atoms with van der Waals surface area (Å²) < 4.78 is 1.78. The summed E-state index contributed by atoms with van der Waals surface area (Å²) in [6.45, 7) is 1.76. The molecule has 4 aromatic rings. The molecule has 0 aliphatic carbocycles. The van der Waals surface area contributed by atoms with Gasteiger partial charge in [-0.15, -0.1) is 0 Å². The van der Waals surface area contributed by atoms with Crippen LogP contribution in [0.3, 0.4) is 0 Å². The first-order chi connectivity index (χ1) is 15.6. The van der Waals surface area contributed by atoms with E-state index in [1.807, 2.05) is 0 Å². The second-order valence-corrected chi connectivity index (χ2v) is 6.71. The van der Waals surface area contributed by atoms with E-state index in [0.717, 1.165) is 5.56 Å². The Balaban J connectivity index is 1.63. The number of nitrogens with zero attached hydrogens (tertiary/aromatic N) is 4. The molecule has 9 heteroatoms. The predicted molar refractivity (Wildman–Crippen MR) is 120 cm³/mol. The van der Waals surface area contributed by atoms with Gasteiger partial charge in [-0.2, -0.15) is 0 Å². The molecule has 32 heavy (non-hydrogen) atoms. The molecule has 0 bridgehead atoms. The van der Waals surface area contributed by atoms with Gasteiger partial charge < -0.3 is 16.4 Å². The van der Waals surface area contributed by atoms with Crippen LogP contribution in [0.4, 0.5) is 11.6 Å². The third-order valence-electron chi connectivity index (χ3n) is 4.63. The molecule has 0 unspecified atom stereocenters. The van der Waals surface area contributed by atoms with Crippen LogP contribution in [-0.2, 0) is 11.3 Å². The second kappa shape index (κ2) is 8.97. The predicted octanol–water partition coefficient (Wildman–Crippen LogP) is 2.27. The van der Waals surface area contributed by atoms with Gasteiger partial charge in [-0.25, -0.2) is 15.0 Å². The molecule has 158 valence electrons. The summed E-state index contributed by atoms with van der Waals surface area (Å²) in [4.78, 5) is 37.1. The number of fused-ring (bicyclic) bond motifs is 1. The molecule has 0 radical (unpaired) electrons. The Morgan fingerprint density at radius 1 is 1.09 bits per heavy atom. The van der Waals surface area contributed by atoms with Crippen LogP contribution in [0.25, 0.3) is 16.8 Å². The Bertz CT molecular complexity index is 1350. The number of nitrogen functional groups attached to an aromatic ring is 1. The molecule has 0 saturated carbocycles. The van der Waals surface area contributed by atoms with Gasteiger partial charge in [0.15, 0.2) is 0 Å². The van der Waals surface area contributed by atoms with Crippen molar-refractivity contribution in [1.29, 1.82) is 0 Å². The van der Waals surface area contributed by atoms with Crippen molar-refractivity contribution in [1.82, 2.24) is 24.7 Å². The van der Waals surface area contributed by atoms with E-state index in [1.54, 1.807) is 72.4 Å². The van der Waals surface area contributed by atoms with Crippen molar-refractivity contribution < 1.29 is 9.59 Å². The number of aromatic nitrogens is 4. The molecule has 0 fully saturated rings. The Morgan fingerprint density at radius 2 is 1.91 bits per heavy atom. The second-order valence-electron chi connectivity index (χ2n) is 6.71. The van der Waals surface area contributed by atoms with E-state index in [-0.39, 0.29) is 12.5 Å². The Kier molecular flexibility index (Phi) is 5.76. The van der Waals surface area contributed by atoms with E-state index in [4.69, 9.17) is 5.73 Å². The van der Waals surface area contributed by atoms with E-state index in [2.05, 4.69) is 37.4 Å². The highest BCUT2D eigenvalue weighted by molar-refractivity contribution is 6.04. The average Bonchev–Trinajstić information content (AvgIpc) is 3.19. The topological polar surface area (TPSA) is 127 Å². The maximum atomic E-state index is 12.5. The smallest absolute Gasteiger partial charge is 0.296 e. The third-order valence-corrected chi connectivity index (χ3v) is 4.63. The van der Waals surface area contributed by atoms with Gasteiger partial charge >= 0.3 is 0 Å². The number of nitrogens with two attached hydrogens (primary N) is 1. The summed E-state index contributed by atoms with van der Waals surface area (Å²) in [7, 11) is 0. The Hall–Kier alpha value is -4.71. The summed E-state index contributed by atoms with van der Waals surface area (Å²) in [5.41, 5.74) is 8.56. The van der Waals surface area contributed by atoms with Gasteiger partial charge in [0.2, 0.25) is 0 Å². The number of anilines is 2. The van der Waals surface area contributed by atoms with Gasteiger partial charge in [0.05, 0.1) is 6.54 Å². The number of pyridine rings is 1. The van der Waals surface area contributed by atoms with Crippen molar-refractivity contribution in [3.8, 4) is 23.1 Å². The summed E-state index contributed by atoms with van der Waals surface area (Å²) in [6, 6.07) is 12.2. The number of nitrogens with one attached hydrogen (secondary N) is 2. The number of carbonyl (C=O) groups excluding carboxylic acids is 2. The zero-order valence-corrected chi connectivity index (χ0v) is 17.2. The molecular weight excluding hydrogens is 406 g/mol. The fraction of sp³-hybridized carbons (Fsp3) is 0.0870. The molecule has 0 aliphatic rings. The molecule has 4 N–H and O–H groups in total.